The summed E-state index contributed by atoms with van der Waals surface area (Å²) in [6, 6.07) is 6.20. The third kappa shape index (κ3) is 3.00. The van der Waals surface area contributed by atoms with Gasteiger partial charge in [-0.25, -0.2) is 0 Å². The van der Waals surface area contributed by atoms with E-state index in [9.17, 15) is 0 Å². The van der Waals surface area contributed by atoms with Crippen molar-refractivity contribution in [1.82, 2.24) is 4.98 Å². The van der Waals surface area contributed by atoms with E-state index in [1.807, 2.05) is 18.2 Å². The molecule has 0 spiro atoms. The highest BCUT2D eigenvalue weighted by Crippen LogP contribution is 2.19. The van der Waals surface area contributed by atoms with Crippen LogP contribution in [0.25, 0.3) is 0 Å². The molecule has 2 rings (SSSR count). The van der Waals surface area contributed by atoms with Crippen LogP contribution in [0.3, 0.4) is 0 Å². The number of hydrogen-bond acceptors (Lipinski definition) is 4. The molecule has 0 unspecified atom stereocenters. The first-order valence-electron chi connectivity index (χ1n) is 5.31. The van der Waals surface area contributed by atoms with Gasteiger partial charge in [0.15, 0.2) is 0 Å². The van der Waals surface area contributed by atoms with Crippen molar-refractivity contribution in [3.05, 3.63) is 18.2 Å². The number of hydrogen-bond donors (Lipinski definition) is 1. The largest absolute Gasteiger partial charge is 0.481 e. The maximum Gasteiger partial charge on any atom is 0.214 e. The Bertz CT molecular complexity index is 327. The van der Waals surface area contributed by atoms with E-state index in [1.165, 1.54) is 0 Å². The Morgan fingerprint density at radius 1 is 1.38 bits per heavy atom. The van der Waals surface area contributed by atoms with Crippen LogP contribution in [0.5, 0.6) is 5.88 Å². The minimum Gasteiger partial charge on any atom is -0.481 e. The lowest BCUT2D eigenvalue weighted by atomic mass is 10.1. The highest BCUT2D eigenvalue weighted by atomic mass is 35.5. The summed E-state index contributed by atoms with van der Waals surface area (Å²) >= 11 is 0. The predicted octanol–water partition coefficient (Wildman–Crippen LogP) is 1.44. The number of nitrogens with zero attached hydrogens (tertiary/aromatic N) is 2. The van der Waals surface area contributed by atoms with Crippen molar-refractivity contribution in [1.29, 1.82) is 0 Å². The van der Waals surface area contributed by atoms with Crippen LogP contribution in [-0.2, 0) is 0 Å². The molecule has 0 aliphatic carbocycles. The molecule has 0 atom stereocenters. The van der Waals surface area contributed by atoms with E-state index in [0.29, 0.717) is 11.9 Å². The summed E-state index contributed by atoms with van der Waals surface area (Å²) in [6.45, 7) is 1.97. The molecule has 0 radical (unpaired) electrons. The lowest BCUT2D eigenvalue weighted by molar-refractivity contribution is 0.397. The predicted molar refractivity (Wildman–Crippen MR) is 67.5 cm³/mol. The number of methoxy groups -OCH3 is 1. The van der Waals surface area contributed by atoms with Gasteiger partial charge < -0.3 is 15.4 Å². The summed E-state index contributed by atoms with van der Waals surface area (Å²) in [5.41, 5.74) is 5.86. The first-order chi connectivity index (χ1) is 7.29. The molecule has 1 aromatic heterocycles. The van der Waals surface area contributed by atoms with Crippen molar-refractivity contribution in [2.75, 3.05) is 25.1 Å². The molecular formula is C11H18ClN3O. The molecule has 0 amide bonds. The van der Waals surface area contributed by atoms with Gasteiger partial charge in [0.05, 0.1) is 7.11 Å². The first-order valence-corrected chi connectivity index (χ1v) is 5.31. The van der Waals surface area contributed by atoms with Crippen molar-refractivity contribution in [3.8, 4) is 5.88 Å². The van der Waals surface area contributed by atoms with Crippen molar-refractivity contribution < 1.29 is 4.74 Å². The summed E-state index contributed by atoms with van der Waals surface area (Å²) < 4.78 is 5.10. The SMILES string of the molecule is COc1cccc(N2CCC(N)CC2)n1.Cl. The number of pyridine rings is 1. The molecule has 1 aliphatic heterocycles. The Balaban J connectivity index is 0.00000128. The Hall–Kier alpha value is -1.00. The van der Waals surface area contributed by atoms with E-state index < -0.39 is 0 Å². The Morgan fingerprint density at radius 3 is 2.69 bits per heavy atom. The van der Waals surface area contributed by atoms with Crippen molar-refractivity contribution in [2.24, 2.45) is 5.73 Å². The summed E-state index contributed by atoms with van der Waals surface area (Å²) in [6.07, 6.45) is 2.08. The monoisotopic (exact) mass is 243 g/mol. The fourth-order valence-electron chi connectivity index (χ4n) is 1.82. The number of aromatic nitrogens is 1. The smallest absolute Gasteiger partial charge is 0.214 e. The minimum atomic E-state index is 0. The zero-order valence-electron chi connectivity index (χ0n) is 9.43. The zero-order chi connectivity index (χ0) is 10.7. The molecule has 1 aliphatic rings. The Kier molecular flexibility index (Phi) is 4.83. The normalized spacial score (nSPS) is 16.8. The highest BCUT2D eigenvalue weighted by Gasteiger charge is 2.17. The number of piperidine rings is 1. The third-order valence-corrected chi connectivity index (χ3v) is 2.78. The van der Waals surface area contributed by atoms with E-state index >= 15 is 0 Å². The summed E-state index contributed by atoms with van der Waals surface area (Å²) in [4.78, 5) is 6.66. The fourth-order valence-corrected chi connectivity index (χ4v) is 1.82. The zero-order valence-corrected chi connectivity index (χ0v) is 10.2. The average Bonchev–Trinajstić information content (AvgIpc) is 2.30. The van der Waals surface area contributed by atoms with Crippen LogP contribution in [0, 0.1) is 0 Å². The van der Waals surface area contributed by atoms with E-state index in [-0.39, 0.29) is 12.4 Å². The number of halogens is 1. The van der Waals surface area contributed by atoms with Crippen molar-refractivity contribution in [2.45, 2.75) is 18.9 Å². The lowest BCUT2D eigenvalue weighted by Crippen LogP contribution is -2.40. The Labute approximate surface area is 102 Å². The molecule has 16 heavy (non-hydrogen) atoms. The number of nitrogens with two attached hydrogens (primary N) is 1. The molecule has 0 saturated carbocycles. The van der Waals surface area contributed by atoms with Crippen LogP contribution in [0.4, 0.5) is 5.82 Å². The van der Waals surface area contributed by atoms with Crippen molar-refractivity contribution in [3.63, 3.8) is 0 Å². The molecule has 0 bridgehead atoms. The van der Waals surface area contributed by atoms with Gasteiger partial charge in [0, 0.05) is 25.2 Å². The van der Waals surface area contributed by atoms with Gasteiger partial charge in [0.2, 0.25) is 5.88 Å². The van der Waals surface area contributed by atoms with Gasteiger partial charge >= 0.3 is 0 Å². The fraction of sp³-hybridized carbons (Fsp3) is 0.545. The van der Waals surface area contributed by atoms with Gasteiger partial charge in [-0.3, -0.25) is 0 Å². The van der Waals surface area contributed by atoms with Crippen LogP contribution in [0.1, 0.15) is 12.8 Å². The van der Waals surface area contributed by atoms with Crippen LogP contribution in [0.2, 0.25) is 0 Å². The summed E-state index contributed by atoms with van der Waals surface area (Å²) in [5.74, 6) is 1.66. The number of rotatable bonds is 2. The van der Waals surface area contributed by atoms with E-state index in [1.54, 1.807) is 7.11 Å². The number of anilines is 1. The van der Waals surface area contributed by atoms with Crippen molar-refractivity contribution >= 4 is 18.2 Å². The highest BCUT2D eigenvalue weighted by molar-refractivity contribution is 5.85. The first kappa shape index (κ1) is 13.1. The second-order valence-corrected chi connectivity index (χ2v) is 3.86. The second kappa shape index (κ2) is 5.92. The molecule has 2 heterocycles. The van der Waals surface area contributed by atoms with Gasteiger partial charge in [0.25, 0.3) is 0 Å². The summed E-state index contributed by atoms with van der Waals surface area (Å²) in [5, 5.41) is 0. The Morgan fingerprint density at radius 2 is 2.06 bits per heavy atom. The molecule has 5 heteroatoms. The maximum atomic E-state index is 5.86. The van der Waals surface area contributed by atoms with Crippen LogP contribution in [-0.4, -0.2) is 31.2 Å². The molecule has 1 aromatic rings. The second-order valence-electron chi connectivity index (χ2n) is 3.86. The van der Waals surface area contributed by atoms with Crippen LogP contribution < -0.4 is 15.4 Å². The lowest BCUT2D eigenvalue weighted by Gasteiger charge is -2.31. The standard InChI is InChI=1S/C11H17N3O.ClH/c1-15-11-4-2-3-10(13-11)14-7-5-9(12)6-8-14;/h2-4,9H,5-8,12H2,1H3;1H. The van der Waals surface area contributed by atoms with Gasteiger partial charge in [-0.1, -0.05) is 6.07 Å². The molecule has 1 saturated heterocycles. The average molecular weight is 244 g/mol. The molecule has 4 nitrogen and oxygen atoms in total. The van der Waals surface area contributed by atoms with E-state index in [0.717, 1.165) is 31.7 Å². The van der Waals surface area contributed by atoms with Crippen LogP contribution >= 0.6 is 12.4 Å². The molecule has 0 aromatic carbocycles. The molecule has 2 N–H and O–H groups in total. The van der Waals surface area contributed by atoms with E-state index in [4.69, 9.17) is 10.5 Å². The van der Waals surface area contributed by atoms with Crippen LogP contribution in [0.15, 0.2) is 18.2 Å². The number of ether oxygens (including phenoxy) is 1. The molecular weight excluding hydrogens is 226 g/mol. The van der Waals surface area contributed by atoms with Gasteiger partial charge in [-0.05, 0) is 18.9 Å². The minimum absolute atomic E-state index is 0. The topological polar surface area (TPSA) is 51.4 Å². The third-order valence-electron chi connectivity index (χ3n) is 2.78. The van der Waals surface area contributed by atoms with Gasteiger partial charge in [-0.15, -0.1) is 12.4 Å². The molecule has 1 fully saturated rings. The quantitative estimate of drug-likeness (QED) is 0.854. The summed E-state index contributed by atoms with van der Waals surface area (Å²) in [7, 11) is 1.64. The van der Waals surface area contributed by atoms with Gasteiger partial charge in [-0.2, -0.15) is 4.98 Å². The molecule has 90 valence electrons. The van der Waals surface area contributed by atoms with E-state index in [2.05, 4.69) is 9.88 Å². The van der Waals surface area contributed by atoms with Gasteiger partial charge in [0.1, 0.15) is 5.82 Å². The maximum absolute atomic E-state index is 5.86.